The van der Waals surface area contributed by atoms with E-state index < -0.39 is 5.54 Å². The SMILES string of the molecule is O=C(N[C@@H]1CCc2ccccc21)c1cccc(-c2nn(C3CCCCO3)c3ccc(-c4ncn(C(c5ccccc5)(c5ccccc5)c5ccccc5)n4)cc23)c1. The Morgan fingerprint density at radius 3 is 2.09 bits per heavy atom. The first kappa shape index (κ1) is 34.8. The van der Waals surface area contributed by atoms with Crippen LogP contribution in [0.15, 0.2) is 164 Å². The second kappa shape index (κ2) is 14.8. The van der Waals surface area contributed by atoms with E-state index in [9.17, 15) is 4.79 Å². The fourth-order valence-corrected chi connectivity index (χ4v) is 8.88. The fourth-order valence-electron chi connectivity index (χ4n) is 8.88. The number of nitrogens with zero attached hydrogens (tertiary/aromatic N) is 5. The molecule has 1 amide bonds. The number of hydrogen-bond donors (Lipinski definition) is 1. The minimum absolute atomic E-state index is 0.000110. The summed E-state index contributed by atoms with van der Waals surface area (Å²) in [6, 6.07) is 54.0. The van der Waals surface area contributed by atoms with Gasteiger partial charge in [-0.25, -0.2) is 14.3 Å². The highest BCUT2D eigenvalue weighted by Gasteiger charge is 2.40. The Hall–Kier alpha value is -6.64. The second-order valence-electron chi connectivity index (χ2n) is 15.0. The molecule has 1 aliphatic heterocycles. The number of fused-ring (bicyclic) bond motifs is 2. The molecule has 57 heavy (non-hydrogen) atoms. The van der Waals surface area contributed by atoms with Gasteiger partial charge in [-0.05, 0) is 90.3 Å². The molecule has 1 saturated heterocycles. The quantitative estimate of drug-likeness (QED) is 0.149. The van der Waals surface area contributed by atoms with E-state index in [0.717, 1.165) is 76.5 Å². The number of hydrogen-bond acceptors (Lipinski definition) is 5. The molecule has 8 nitrogen and oxygen atoms in total. The molecule has 280 valence electrons. The molecule has 10 rings (SSSR count). The lowest BCUT2D eigenvalue weighted by Crippen LogP contribution is -2.38. The van der Waals surface area contributed by atoms with Gasteiger partial charge in [-0.3, -0.25) is 4.79 Å². The molecule has 3 heterocycles. The number of benzene rings is 6. The van der Waals surface area contributed by atoms with Gasteiger partial charge in [-0.1, -0.05) is 127 Å². The Morgan fingerprint density at radius 2 is 1.39 bits per heavy atom. The topological polar surface area (TPSA) is 86.9 Å². The smallest absolute Gasteiger partial charge is 0.251 e. The summed E-state index contributed by atoms with van der Waals surface area (Å²) in [6.07, 6.45) is 6.54. The number of ether oxygens (including phenoxy) is 1. The fraction of sp³-hybridized carbons (Fsp3) is 0.184. The van der Waals surface area contributed by atoms with Crippen molar-refractivity contribution < 1.29 is 9.53 Å². The number of rotatable bonds is 9. The third-order valence-corrected chi connectivity index (χ3v) is 11.6. The maximum atomic E-state index is 13.8. The molecule has 0 bridgehead atoms. The van der Waals surface area contributed by atoms with Crippen molar-refractivity contribution in [2.75, 3.05) is 6.61 Å². The average molecular weight is 747 g/mol. The van der Waals surface area contributed by atoms with E-state index in [-0.39, 0.29) is 18.2 Å². The highest BCUT2D eigenvalue weighted by atomic mass is 16.5. The van der Waals surface area contributed by atoms with Crippen LogP contribution in [0, 0.1) is 0 Å². The van der Waals surface area contributed by atoms with Crippen LogP contribution in [-0.2, 0) is 16.7 Å². The van der Waals surface area contributed by atoms with Crippen LogP contribution in [-0.4, -0.2) is 37.1 Å². The van der Waals surface area contributed by atoms with Gasteiger partial charge in [0, 0.05) is 28.7 Å². The average Bonchev–Trinajstić information content (AvgIpc) is 4.04. The summed E-state index contributed by atoms with van der Waals surface area (Å²) in [5.41, 5.74) is 9.03. The monoisotopic (exact) mass is 746 g/mol. The summed E-state index contributed by atoms with van der Waals surface area (Å²) in [5, 5.41) is 14.8. The number of nitrogens with one attached hydrogen (secondary N) is 1. The summed E-state index contributed by atoms with van der Waals surface area (Å²) < 4.78 is 10.3. The molecular weight excluding hydrogens is 705 g/mol. The summed E-state index contributed by atoms with van der Waals surface area (Å²) in [6.45, 7) is 0.701. The van der Waals surface area contributed by atoms with E-state index in [1.807, 2.05) is 64.2 Å². The van der Waals surface area contributed by atoms with Gasteiger partial charge in [-0.2, -0.15) is 5.10 Å². The van der Waals surface area contributed by atoms with Crippen LogP contribution in [0.25, 0.3) is 33.5 Å². The molecule has 2 aliphatic rings. The van der Waals surface area contributed by atoms with Crippen molar-refractivity contribution in [1.29, 1.82) is 0 Å². The van der Waals surface area contributed by atoms with Gasteiger partial charge in [0.25, 0.3) is 5.91 Å². The molecule has 2 aromatic heterocycles. The Morgan fingerprint density at radius 1 is 0.684 bits per heavy atom. The van der Waals surface area contributed by atoms with Crippen LogP contribution in [0.1, 0.15) is 76.1 Å². The van der Waals surface area contributed by atoms with Gasteiger partial charge in [0.05, 0.1) is 11.6 Å². The molecule has 1 aliphatic carbocycles. The molecule has 8 heteroatoms. The normalized spacial score (nSPS) is 16.7. The minimum Gasteiger partial charge on any atom is -0.356 e. The Bertz CT molecular complexity index is 2590. The van der Waals surface area contributed by atoms with E-state index in [1.165, 1.54) is 11.1 Å². The largest absolute Gasteiger partial charge is 0.356 e. The predicted molar refractivity (Wildman–Crippen MR) is 223 cm³/mol. The van der Waals surface area contributed by atoms with E-state index in [4.69, 9.17) is 19.9 Å². The number of carbonyl (C=O) groups is 1. The van der Waals surface area contributed by atoms with E-state index in [0.29, 0.717) is 18.0 Å². The molecule has 8 aromatic rings. The zero-order valence-electron chi connectivity index (χ0n) is 31.5. The maximum Gasteiger partial charge on any atom is 0.251 e. The first-order valence-electron chi connectivity index (χ1n) is 19.9. The lowest BCUT2D eigenvalue weighted by molar-refractivity contribution is -0.0365. The Balaban J connectivity index is 1.07. The molecule has 1 fully saturated rings. The molecule has 0 radical (unpaired) electrons. The Labute approximate surface area is 331 Å². The number of carbonyl (C=O) groups excluding carboxylic acids is 1. The zero-order chi connectivity index (χ0) is 38.2. The maximum absolute atomic E-state index is 13.8. The van der Waals surface area contributed by atoms with Crippen LogP contribution in [0.4, 0.5) is 0 Å². The third-order valence-electron chi connectivity index (χ3n) is 11.6. The minimum atomic E-state index is -0.783. The van der Waals surface area contributed by atoms with Gasteiger partial charge in [-0.15, -0.1) is 5.10 Å². The standard InChI is InChI=1S/C49H42N6O2/c56-48(51-43-28-26-34-15-10-11-24-41(34)43)37-17-14-16-35(31-37)46-42-32-36(27-29-44(42)55(52-46)45-25-12-13-30-57-45)47-50-33-54(53-47)49(38-18-4-1-5-19-38,39-20-6-2-7-21-39)40-22-8-3-9-23-40/h1-11,14-24,27,29,31-33,43,45H,12-13,25-26,28,30H2,(H,51,56)/t43-,45?/m1/s1. The highest BCUT2D eigenvalue weighted by molar-refractivity contribution is 5.99. The van der Waals surface area contributed by atoms with Crippen LogP contribution in [0.5, 0.6) is 0 Å². The lowest BCUT2D eigenvalue weighted by atomic mass is 9.77. The van der Waals surface area contributed by atoms with Gasteiger partial charge in [0.2, 0.25) is 0 Å². The molecule has 2 atom stereocenters. The van der Waals surface area contributed by atoms with Gasteiger partial charge in [0.1, 0.15) is 17.6 Å². The number of aromatic nitrogens is 5. The molecule has 1 unspecified atom stereocenters. The molecule has 6 aromatic carbocycles. The summed E-state index contributed by atoms with van der Waals surface area (Å²) in [7, 11) is 0. The third kappa shape index (κ3) is 6.23. The highest BCUT2D eigenvalue weighted by Crippen LogP contribution is 2.41. The van der Waals surface area contributed by atoms with Crippen LogP contribution in [0.2, 0.25) is 0 Å². The van der Waals surface area contributed by atoms with Gasteiger partial charge >= 0.3 is 0 Å². The number of amides is 1. The van der Waals surface area contributed by atoms with Gasteiger partial charge < -0.3 is 10.1 Å². The van der Waals surface area contributed by atoms with Crippen LogP contribution < -0.4 is 5.32 Å². The van der Waals surface area contributed by atoms with E-state index >= 15 is 0 Å². The molecule has 0 saturated carbocycles. The molecule has 1 N–H and O–H groups in total. The van der Waals surface area contributed by atoms with Crippen LogP contribution >= 0.6 is 0 Å². The Kier molecular flexibility index (Phi) is 9.03. The lowest BCUT2D eigenvalue weighted by Gasteiger charge is -2.35. The van der Waals surface area contributed by atoms with Crippen molar-refractivity contribution in [3.63, 3.8) is 0 Å². The second-order valence-corrected chi connectivity index (χ2v) is 15.0. The predicted octanol–water partition coefficient (Wildman–Crippen LogP) is 9.92. The first-order valence-corrected chi connectivity index (χ1v) is 19.9. The molecule has 0 spiro atoms. The number of aryl methyl sites for hydroxylation is 1. The summed E-state index contributed by atoms with van der Waals surface area (Å²) in [4.78, 5) is 18.7. The summed E-state index contributed by atoms with van der Waals surface area (Å²) in [5.74, 6) is 0.508. The van der Waals surface area contributed by atoms with Crippen molar-refractivity contribution in [3.05, 3.63) is 197 Å². The zero-order valence-corrected chi connectivity index (χ0v) is 31.5. The van der Waals surface area contributed by atoms with E-state index in [1.54, 1.807) is 0 Å². The molecular formula is C49H42N6O2. The van der Waals surface area contributed by atoms with E-state index in [2.05, 4.69) is 115 Å². The van der Waals surface area contributed by atoms with Crippen molar-refractivity contribution >= 4 is 16.8 Å². The van der Waals surface area contributed by atoms with Crippen LogP contribution in [0.3, 0.4) is 0 Å². The van der Waals surface area contributed by atoms with Crippen molar-refractivity contribution in [3.8, 4) is 22.6 Å². The first-order chi connectivity index (χ1) is 28.2. The van der Waals surface area contributed by atoms with Crippen molar-refractivity contribution in [1.82, 2.24) is 29.9 Å². The van der Waals surface area contributed by atoms with Crippen molar-refractivity contribution in [2.45, 2.75) is 49.9 Å². The van der Waals surface area contributed by atoms with Crippen molar-refractivity contribution in [2.24, 2.45) is 0 Å². The summed E-state index contributed by atoms with van der Waals surface area (Å²) >= 11 is 0. The van der Waals surface area contributed by atoms with Gasteiger partial charge in [0.15, 0.2) is 12.1 Å².